The summed E-state index contributed by atoms with van der Waals surface area (Å²) in [6.45, 7) is 3.25. The summed E-state index contributed by atoms with van der Waals surface area (Å²) in [7, 11) is 0. The molecule has 10 heteroatoms. The Labute approximate surface area is 185 Å². The van der Waals surface area contributed by atoms with Gasteiger partial charge < -0.3 is 14.2 Å². The van der Waals surface area contributed by atoms with Crippen LogP contribution in [-0.2, 0) is 31.4 Å². The van der Waals surface area contributed by atoms with Crippen molar-refractivity contribution in [3.8, 4) is 0 Å². The van der Waals surface area contributed by atoms with Gasteiger partial charge in [0, 0.05) is 12.0 Å². The van der Waals surface area contributed by atoms with E-state index in [2.05, 4.69) is 0 Å². The second kappa shape index (κ2) is 9.46. The van der Waals surface area contributed by atoms with Gasteiger partial charge in [-0.2, -0.15) is 26.3 Å². The summed E-state index contributed by atoms with van der Waals surface area (Å²) in [6, 6.07) is 8.57. The van der Waals surface area contributed by atoms with Gasteiger partial charge >= 0.3 is 18.3 Å². The Balaban J connectivity index is 1.98. The zero-order valence-electron chi connectivity index (χ0n) is 17.5. The van der Waals surface area contributed by atoms with Crippen LogP contribution in [0.3, 0.4) is 0 Å². The highest BCUT2D eigenvalue weighted by atomic mass is 19.4. The number of alkyl halides is 6. The lowest BCUT2D eigenvalue weighted by Gasteiger charge is -2.33. The first kappa shape index (κ1) is 24.6. The number of ether oxygens (including phenoxy) is 3. The van der Waals surface area contributed by atoms with Crippen molar-refractivity contribution in [1.29, 1.82) is 0 Å². The lowest BCUT2D eigenvalue weighted by atomic mass is 10.0. The molecule has 1 aliphatic rings. The molecule has 0 amide bonds. The van der Waals surface area contributed by atoms with Gasteiger partial charge in [-0.3, -0.25) is 0 Å². The van der Waals surface area contributed by atoms with Crippen molar-refractivity contribution in [2.75, 3.05) is 0 Å². The summed E-state index contributed by atoms with van der Waals surface area (Å²) in [5.74, 6) is -0.746. The van der Waals surface area contributed by atoms with Gasteiger partial charge in [0.2, 0.25) is 6.29 Å². The zero-order valence-corrected chi connectivity index (χ0v) is 17.5. The molecule has 0 aromatic heterocycles. The third-order valence-electron chi connectivity index (χ3n) is 4.64. The van der Waals surface area contributed by atoms with Crippen molar-refractivity contribution in [3.63, 3.8) is 0 Å². The van der Waals surface area contributed by atoms with Gasteiger partial charge in [-0.1, -0.05) is 24.3 Å². The van der Waals surface area contributed by atoms with Gasteiger partial charge in [-0.05, 0) is 43.7 Å². The first-order valence-corrected chi connectivity index (χ1v) is 9.90. The summed E-state index contributed by atoms with van der Waals surface area (Å²) in [4.78, 5) is 12.1. The topological polar surface area (TPSA) is 44.8 Å². The molecular formula is C23H20F6O4. The predicted molar refractivity (Wildman–Crippen MR) is 104 cm³/mol. The number of benzene rings is 2. The first-order chi connectivity index (χ1) is 15.3. The van der Waals surface area contributed by atoms with E-state index in [0.717, 1.165) is 36.4 Å². The van der Waals surface area contributed by atoms with Gasteiger partial charge in [0.15, 0.2) is 0 Å². The maximum Gasteiger partial charge on any atom is 0.416 e. The van der Waals surface area contributed by atoms with Gasteiger partial charge in [-0.15, -0.1) is 0 Å². The second-order valence-electron chi connectivity index (χ2n) is 7.62. The number of carbonyl (C=O) groups is 1. The largest absolute Gasteiger partial charge is 0.465 e. The van der Waals surface area contributed by atoms with E-state index in [0.29, 0.717) is 0 Å². The molecule has 2 aromatic rings. The minimum Gasteiger partial charge on any atom is -0.465 e. The molecule has 0 saturated carbocycles. The fourth-order valence-electron chi connectivity index (χ4n) is 3.20. The normalized spacial score (nSPS) is 20.6. The van der Waals surface area contributed by atoms with Crippen LogP contribution >= 0.6 is 0 Å². The van der Waals surface area contributed by atoms with Crippen molar-refractivity contribution in [2.45, 2.75) is 51.1 Å². The number of carbonyl (C=O) groups excluding carboxylic acids is 1. The molecule has 0 bridgehead atoms. The van der Waals surface area contributed by atoms with Crippen LogP contribution < -0.4 is 0 Å². The van der Waals surface area contributed by atoms with E-state index >= 15 is 0 Å². The number of esters is 1. The van der Waals surface area contributed by atoms with Crippen molar-refractivity contribution in [1.82, 2.24) is 0 Å². The lowest BCUT2D eigenvalue weighted by Crippen LogP contribution is -2.22. The van der Waals surface area contributed by atoms with Crippen molar-refractivity contribution >= 4 is 5.97 Å². The molecule has 2 atom stereocenters. The average Bonchev–Trinajstić information content (AvgIpc) is 2.72. The molecule has 2 aromatic carbocycles. The highest BCUT2D eigenvalue weighted by molar-refractivity contribution is 5.82. The molecule has 0 spiro atoms. The minimum absolute atomic E-state index is 0.00960. The maximum atomic E-state index is 13.2. The van der Waals surface area contributed by atoms with E-state index in [4.69, 9.17) is 14.2 Å². The highest BCUT2D eigenvalue weighted by Crippen LogP contribution is 2.42. The molecule has 1 heterocycles. The SMILES string of the molecule is CC(C)OC(=O)/C=C1/C[C@@H](c2cccc(C(F)(F)F)c2)O[C@@H](c2cccc(C(F)(F)F)c2)O1. The van der Waals surface area contributed by atoms with E-state index < -0.39 is 47.9 Å². The van der Waals surface area contributed by atoms with E-state index in [1.165, 1.54) is 18.2 Å². The van der Waals surface area contributed by atoms with Crippen molar-refractivity contribution < 1.29 is 45.3 Å². The number of hydrogen-bond donors (Lipinski definition) is 0. The zero-order chi connectivity index (χ0) is 24.4. The Kier molecular flexibility index (Phi) is 7.06. The van der Waals surface area contributed by atoms with E-state index in [9.17, 15) is 31.1 Å². The summed E-state index contributed by atoms with van der Waals surface area (Å²) in [5.41, 5.74) is -1.73. The minimum atomic E-state index is -4.62. The maximum absolute atomic E-state index is 13.2. The fraction of sp³-hybridized carbons (Fsp3) is 0.348. The lowest BCUT2D eigenvalue weighted by molar-refractivity contribution is -0.192. The third kappa shape index (κ3) is 6.50. The van der Waals surface area contributed by atoms with Crippen LogP contribution in [0.2, 0.25) is 0 Å². The molecule has 1 fully saturated rings. The Hall–Kier alpha value is -3.01. The van der Waals surface area contributed by atoms with E-state index in [-0.39, 0.29) is 23.3 Å². The standard InChI is InChI=1S/C23H20F6O4/c1-13(2)31-20(30)12-18-11-19(14-5-3-7-16(9-14)22(24,25)26)33-21(32-18)15-6-4-8-17(10-15)23(27,28)29/h3-10,12-13,19,21H,11H2,1-2H3/b18-12-/t19-,21-/m0/s1. The summed E-state index contributed by atoms with van der Waals surface area (Å²) >= 11 is 0. The number of rotatable bonds is 4. The molecule has 178 valence electrons. The van der Waals surface area contributed by atoms with E-state index in [1.54, 1.807) is 13.8 Å². The van der Waals surface area contributed by atoms with Crippen LogP contribution in [0.4, 0.5) is 26.3 Å². The van der Waals surface area contributed by atoms with Gasteiger partial charge in [0.25, 0.3) is 0 Å². The van der Waals surface area contributed by atoms with Crippen molar-refractivity contribution in [3.05, 3.63) is 82.6 Å². The summed E-state index contributed by atoms with van der Waals surface area (Å²) < 4.78 is 95.3. The average molecular weight is 474 g/mol. The van der Waals surface area contributed by atoms with Crippen LogP contribution in [0.1, 0.15) is 54.9 Å². The third-order valence-corrected chi connectivity index (χ3v) is 4.64. The van der Waals surface area contributed by atoms with Crippen molar-refractivity contribution in [2.24, 2.45) is 0 Å². The molecule has 0 unspecified atom stereocenters. The molecule has 4 nitrogen and oxygen atoms in total. The number of hydrogen-bond acceptors (Lipinski definition) is 4. The van der Waals surface area contributed by atoms with E-state index in [1.807, 2.05) is 0 Å². The molecule has 1 aliphatic heterocycles. The van der Waals surface area contributed by atoms with Crippen LogP contribution in [0.5, 0.6) is 0 Å². The highest BCUT2D eigenvalue weighted by Gasteiger charge is 2.35. The molecule has 0 aliphatic carbocycles. The number of halogens is 6. The fourth-order valence-corrected chi connectivity index (χ4v) is 3.20. The van der Waals surface area contributed by atoms with Gasteiger partial charge in [0.1, 0.15) is 5.76 Å². The Morgan fingerprint density at radius 3 is 2.06 bits per heavy atom. The van der Waals surface area contributed by atoms with Gasteiger partial charge in [0.05, 0.1) is 29.4 Å². The predicted octanol–water partition coefficient (Wildman–Crippen LogP) is 6.74. The van der Waals surface area contributed by atoms with Crippen LogP contribution in [0.25, 0.3) is 0 Å². The molecular weight excluding hydrogens is 454 g/mol. The first-order valence-electron chi connectivity index (χ1n) is 9.90. The molecule has 0 radical (unpaired) electrons. The molecule has 3 rings (SSSR count). The monoisotopic (exact) mass is 474 g/mol. The Morgan fingerprint density at radius 2 is 1.52 bits per heavy atom. The smallest absolute Gasteiger partial charge is 0.416 e. The molecule has 0 N–H and O–H groups in total. The van der Waals surface area contributed by atoms with Crippen LogP contribution in [0.15, 0.2) is 60.4 Å². The second-order valence-corrected chi connectivity index (χ2v) is 7.62. The summed E-state index contributed by atoms with van der Waals surface area (Å²) in [5, 5.41) is 0. The van der Waals surface area contributed by atoms with Crippen LogP contribution in [-0.4, -0.2) is 12.1 Å². The quantitative estimate of drug-likeness (QED) is 0.280. The van der Waals surface area contributed by atoms with Gasteiger partial charge in [-0.25, -0.2) is 4.79 Å². The van der Waals surface area contributed by atoms with Crippen LogP contribution in [0, 0.1) is 0 Å². The molecule has 1 saturated heterocycles. The molecule has 33 heavy (non-hydrogen) atoms. The Bertz CT molecular complexity index is 959. The Morgan fingerprint density at radius 1 is 0.970 bits per heavy atom. The summed E-state index contributed by atoms with van der Waals surface area (Å²) in [6.07, 6.45) is -11.2.